The molecule has 1 saturated heterocycles. The van der Waals surface area contributed by atoms with E-state index >= 15 is 0 Å². The summed E-state index contributed by atoms with van der Waals surface area (Å²) in [6.07, 6.45) is 5.74. The molecule has 0 saturated carbocycles. The summed E-state index contributed by atoms with van der Waals surface area (Å²) in [6.45, 7) is 3.88. The van der Waals surface area contributed by atoms with E-state index in [0.717, 1.165) is 30.4 Å². The molecule has 0 aliphatic carbocycles. The first-order valence-corrected chi connectivity index (χ1v) is 9.08. The number of fused-ring (bicyclic) bond motifs is 1. The number of nitrogens with one attached hydrogen (secondary N) is 2. The van der Waals surface area contributed by atoms with E-state index in [0.29, 0.717) is 5.25 Å². The molecule has 2 N–H and O–H groups in total. The quantitative estimate of drug-likeness (QED) is 0.885. The molecule has 3 rings (SSSR count). The molecular weight excluding hydrogens is 290 g/mol. The number of hydrogen-bond donors (Lipinski definition) is 2. The Morgan fingerprint density at radius 2 is 2.35 bits per heavy atom. The largest absolute Gasteiger partial charge is 0.369 e. The minimum absolute atomic E-state index is 0.661. The van der Waals surface area contributed by atoms with Crippen molar-refractivity contribution in [3.05, 3.63) is 18.6 Å². The predicted molar refractivity (Wildman–Crippen MR) is 89.2 cm³/mol. The van der Waals surface area contributed by atoms with Crippen LogP contribution in [0.5, 0.6) is 0 Å². The van der Waals surface area contributed by atoms with Gasteiger partial charge in [0.15, 0.2) is 11.5 Å². The number of hydrogen-bond acceptors (Lipinski definition) is 6. The zero-order valence-corrected chi connectivity index (χ0v) is 13.1. The van der Waals surface area contributed by atoms with Gasteiger partial charge in [-0.1, -0.05) is 0 Å². The Balaban J connectivity index is 1.76. The number of nitrogens with zero attached hydrogens (tertiary/aromatic N) is 3. The maximum atomic E-state index is 4.63. The molecule has 108 valence electrons. The van der Waals surface area contributed by atoms with Gasteiger partial charge in [0, 0.05) is 48.0 Å². The van der Waals surface area contributed by atoms with Crippen molar-refractivity contribution >= 4 is 40.8 Å². The van der Waals surface area contributed by atoms with Crippen molar-refractivity contribution in [2.45, 2.75) is 12.2 Å². The van der Waals surface area contributed by atoms with Crippen LogP contribution in [0.2, 0.25) is 0 Å². The lowest BCUT2D eigenvalue weighted by molar-refractivity contribution is 0.984. The highest BCUT2D eigenvalue weighted by molar-refractivity contribution is 8.06. The van der Waals surface area contributed by atoms with E-state index in [1.807, 2.05) is 34.8 Å². The first-order valence-electron chi connectivity index (χ1n) is 6.87. The summed E-state index contributed by atoms with van der Waals surface area (Å²) in [5, 5.41) is 7.39. The summed E-state index contributed by atoms with van der Waals surface area (Å²) >= 11 is 4.09. The van der Waals surface area contributed by atoms with Crippen molar-refractivity contribution in [1.82, 2.24) is 14.4 Å². The van der Waals surface area contributed by atoms with Crippen LogP contribution < -0.4 is 10.6 Å². The molecule has 2 aromatic heterocycles. The van der Waals surface area contributed by atoms with Crippen LogP contribution in [0.1, 0.15) is 6.92 Å². The Bertz CT molecular complexity index is 565. The van der Waals surface area contributed by atoms with Crippen LogP contribution in [0.25, 0.3) is 5.65 Å². The molecule has 5 nitrogen and oxygen atoms in total. The summed E-state index contributed by atoms with van der Waals surface area (Å²) in [5.74, 6) is 5.49. The van der Waals surface area contributed by atoms with Gasteiger partial charge in [-0.2, -0.15) is 23.5 Å². The third kappa shape index (κ3) is 3.15. The fourth-order valence-corrected chi connectivity index (χ4v) is 4.79. The average molecular weight is 309 g/mol. The SMILES string of the molecule is CCNc1cn2ccnc2c(NCC2CSCCS2)n1. The van der Waals surface area contributed by atoms with Crippen LogP contribution in [0.15, 0.2) is 18.6 Å². The second kappa shape index (κ2) is 6.58. The van der Waals surface area contributed by atoms with E-state index in [1.54, 1.807) is 0 Å². The topological polar surface area (TPSA) is 54.2 Å². The van der Waals surface area contributed by atoms with Gasteiger partial charge in [-0.05, 0) is 6.92 Å². The highest BCUT2D eigenvalue weighted by Gasteiger charge is 2.15. The summed E-state index contributed by atoms with van der Waals surface area (Å²) in [7, 11) is 0. The van der Waals surface area contributed by atoms with Crippen molar-refractivity contribution in [2.75, 3.05) is 41.0 Å². The fourth-order valence-electron chi connectivity index (χ4n) is 2.18. The molecule has 2 aromatic rings. The van der Waals surface area contributed by atoms with Crippen LogP contribution in [0.4, 0.5) is 11.6 Å². The first kappa shape index (κ1) is 13.9. The number of anilines is 2. The third-order valence-corrected chi connectivity index (χ3v) is 5.96. The first-order chi connectivity index (χ1) is 9.86. The maximum absolute atomic E-state index is 4.63. The molecule has 7 heteroatoms. The summed E-state index contributed by atoms with van der Waals surface area (Å²) in [6, 6.07) is 0. The van der Waals surface area contributed by atoms with Gasteiger partial charge in [-0.15, -0.1) is 0 Å². The summed E-state index contributed by atoms with van der Waals surface area (Å²) < 4.78 is 2.01. The Hall–Kier alpha value is -1.08. The van der Waals surface area contributed by atoms with Crippen LogP contribution >= 0.6 is 23.5 Å². The molecule has 1 aliphatic heterocycles. The highest BCUT2D eigenvalue weighted by Crippen LogP contribution is 2.25. The van der Waals surface area contributed by atoms with Crippen molar-refractivity contribution in [3.8, 4) is 0 Å². The van der Waals surface area contributed by atoms with Gasteiger partial charge < -0.3 is 15.0 Å². The molecule has 3 heterocycles. The van der Waals surface area contributed by atoms with Crippen LogP contribution in [0, 0.1) is 0 Å². The van der Waals surface area contributed by atoms with Gasteiger partial charge in [-0.25, -0.2) is 9.97 Å². The molecule has 0 radical (unpaired) electrons. The van der Waals surface area contributed by atoms with E-state index in [4.69, 9.17) is 0 Å². The van der Waals surface area contributed by atoms with Crippen LogP contribution in [0.3, 0.4) is 0 Å². The smallest absolute Gasteiger partial charge is 0.180 e. The van der Waals surface area contributed by atoms with E-state index in [2.05, 4.69) is 39.3 Å². The molecule has 1 unspecified atom stereocenters. The van der Waals surface area contributed by atoms with Gasteiger partial charge in [0.2, 0.25) is 0 Å². The Morgan fingerprint density at radius 1 is 1.40 bits per heavy atom. The minimum Gasteiger partial charge on any atom is -0.369 e. The van der Waals surface area contributed by atoms with Gasteiger partial charge >= 0.3 is 0 Å². The maximum Gasteiger partial charge on any atom is 0.180 e. The zero-order chi connectivity index (χ0) is 13.8. The van der Waals surface area contributed by atoms with E-state index in [9.17, 15) is 0 Å². The standard InChI is InChI=1S/C13H19N5S2/c1-2-14-11-8-18-4-3-15-13(18)12(17-11)16-7-10-9-19-5-6-20-10/h3-4,8,10,14H,2,5-7,9H2,1H3,(H,16,17). The van der Waals surface area contributed by atoms with Crippen molar-refractivity contribution in [1.29, 1.82) is 0 Å². The molecule has 1 atom stereocenters. The summed E-state index contributed by atoms with van der Waals surface area (Å²) in [4.78, 5) is 9.01. The van der Waals surface area contributed by atoms with E-state index in [1.165, 1.54) is 17.3 Å². The lowest BCUT2D eigenvalue weighted by Gasteiger charge is -2.21. The normalized spacial score (nSPS) is 19.1. The van der Waals surface area contributed by atoms with Gasteiger partial charge in [0.1, 0.15) is 5.82 Å². The van der Waals surface area contributed by atoms with Crippen molar-refractivity contribution < 1.29 is 0 Å². The monoisotopic (exact) mass is 309 g/mol. The Kier molecular flexibility index (Phi) is 4.57. The number of thioether (sulfide) groups is 2. The summed E-state index contributed by atoms with van der Waals surface area (Å²) in [5.41, 5.74) is 0.889. The second-order valence-electron chi connectivity index (χ2n) is 4.61. The van der Waals surface area contributed by atoms with Crippen molar-refractivity contribution in [2.24, 2.45) is 0 Å². The lowest BCUT2D eigenvalue weighted by Crippen LogP contribution is -2.24. The predicted octanol–water partition coefficient (Wildman–Crippen LogP) is 2.42. The van der Waals surface area contributed by atoms with Crippen LogP contribution in [-0.2, 0) is 0 Å². The molecule has 20 heavy (non-hydrogen) atoms. The highest BCUT2D eigenvalue weighted by atomic mass is 32.2. The van der Waals surface area contributed by atoms with Crippen molar-refractivity contribution in [3.63, 3.8) is 0 Å². The fraction of sp³-hybridized carbons (Fsp3) is 0.538. The number of rotatable bonds is 5. The Labute approximate surface area is 127 Å². The molecule has 0 aromatic carbocycles. The van der Waals surface area contributed by atoms with Crippen LogP contribution in [-0.4, -0.2) is 50.0 Å². The van der Waals surface area contributed by atoms with Gasteiger partial charge in [-0.3, -0.25) is 0 Å². The molecule has 0 bridgehead atoms. The second-order valence-corrected chi connectivity index (χ2v) is 7.17. The number of imidazole rings is 1. The zero-order valence-electron chi connectivity index (χ0n) is 11.5. The molecule has 1 fully saturated rings. The van der Waals surface area contributed by atoms with E-state index in [-0.39, 0.29) is 0 Å². The third-order valence-electron chi connectivity index (χ3n) is 3.11. The Morgan fingerprint density at radius 3 is 3.15 bits per heavy atom. The minimum atomic E-state index is 0.661. The number of aromatic nitrogens is 3. The molecular formula is C13H19N5S2. The van der Waals surface area contributed by atoms with Gasteiger partial charge in [0.05, 0.1) is 6.20 Å². The molecule has 0 spiro atoms. The van der Waals surface area contributed by atoms with E-state index < -0.39 is 0 Å². The molecule has 0 amide bonds. The lowest BCUT2D eigenvalue weighted by atomic mass is 10.4. The average Bonchev–Trinajstić information content (AvgIpc) is 2.95. The van der Waals surface area contributed by atoms with Gasteiger partial charge in [0.25, 0.3) is 0 Å². The molecule has 1 aliphatic rings.